The lowest BCUT2D eigenvalue weighted by atomic mass is 9.95. The van der Waals surface area contributed by atoms with Gasteiger partial charge in [-0.05, 0) is 76.4 Å². The second-order valence-corrected chi connectivity index (χ2v) is 12.4. The SMILES string of the molecule is O=C(O)CN1C(=O)/C(=C\C=C\c2ccc(N(c3ccccc3)c3ccc(C=C(c4ccccc4)c4ccccc4)cc3)cc2)SC1=S. The molecule has 5 nitrogen and oxygen atoms in total. The van der Waals surface area contributed by atoms with E-state index in [1.54, 1.807) is 12.2 Å². The Morgan fingerprint density at radius 3 is 1.72 bits per heavy atom. The summed E-state index contributed by atoms with van der Waals surface area (Å²) in [5.74, 6) is -1.49. The predicted octanol–water partition coefficient (Wildman–Crippen LogP) is 9.59. The molecule has 1 saturated heterocycles. The van der Waals surface area contributed by atoms with E-state index < -0.39 is 18.4 Å². The predicted molar refractivity (Wildman–Crippen MR) is 198 cm³/mol. The van der Waals surface area contributed by atoms with E-state index in [0.717, 1.165) is 61.6 Å². The summed E-state index contributed by atoms with van der Waals surface area (Å²) in [6.07, 6.45) is 7.58. The fraction of sp³-hybridized carbons (Fsp3) is 0.0250. The molecule has 1 N–H and O–H groups in total. The zero-order valence-corrected chi connectivity index (χ0v) is 26.9. The van der Waals surface area contributed by atoms with Gasteiger partial charge in [0, 0.05) is 17.1 Å². The molecule has 1 aliphatic heterocycles. The molecule has 47 heavy (non-hydrogen) atoms. The Morgan fingerprint density at radius 2 is 1.19 bits per heavy atom. The molecule has 0 unspecified atom stereocenters. The number of hydrogen-bond donors (Lipinski definition) is 1. The number of aliphatic carboxylic acids is 1. The largest absolute Gasteiger partial charge is 0.480 e. The number of thioether (sulfide) groups is 1. The molecular weight excluding hydrogens is 621 g/mol. The molecule has 0 spiro atoms. The van der Waals surface area contributed by atoms with Crippen LogP contribution in [0.2, 0.25) is 0 Å². The molecule has 0 radical (unpaired) electrons. The minimum Gasteiger partial charge on any atom is -0.480 e. The summed E-state index contributed by atoms with van der Waals surface area (Å²) in [5.41, 5.74) is 8.61. The third kappa shape index (κ3) is 7.66. The first kappa shape index (κ1) is 31.5. The maximum atomic E-state index is 12.5. The Hall–Kier alpha value is -5.50. The van der Waals surface area contributed by atoms with Crippen molar-refractivity contribution in [3.8, 4) is 0 Å². The van der Waals surface area contributed by atoms with E-state index in [1.807, 2.05) is 48.5 Å². The summed E-state index contributed by atoms with van der Waals surface area (Å²) in [7, 11) is 0. The number of rotatable bonds is 10. The van der Waals surface area contributed by atoms with E-state index in [-0.39, 0.29) is 4.32 Å². The minimum atomic E-state index is -1.10. The smallest absolute Gasteiger partial charge is 0.323 e. The van der Waals surface area contributed by atoms with Gasteiger partial charge in [0.2, 0.25) is 0 Å². The van der Waals surface area contributed by atoms with Crippen LogP contribution < -0.4 is 4.90 Å². The van der Waals surface area contributed by atoms with E-state index in [4.69, 9.17) is 17.3 Å². The van der Waals surface area contributed by atoms with Crippen molar-refractivity contribution in [2.75, 3.05) is 11.4 Å². The van der Waals surface area contributed by atoms with Crippen LogP contribution in [-0.4, -0.2) is 32.7 Å². The van der Waals surface area contributed by atoms with Gasteiger partial charge in [-0.1, -0.05) is 139 Å². The topological polar surface area (TPSA) is 60.9 Å². The lowest BCUT2D eigenvalue weighted by Crippen LogP contribution is -2.33. The summed E-state index contributed by atoms with van der Waals surface area (Å²) in [4.78, 5) is 27.3. The van der Waals surface area contributed by atoms with Gasteiger partial charge in [0.05, 0.1) is 4.91 Å². The van der Waals surface area contributed by atoms with E-state index in [0.29, 0.717) is 4.91 Å². The molecule has 1 fully saturated rings. The van der Waals surface area contributed by atoms with Crippen LogP contribution >= 0.6 is 24.0 Å². The molecule has 5 aromatic carbocycles. The maximum absolute atomic E-state index is 12.5. The minimum absolute atomic E-state index is 0.249. The van der Waals surface area contributed by atoms with Crippen LogP contribution in [0.1, 0.15) is 22.3 Å². The summed E-state index contributed by atoms with van der Waals surface area (Å²) in [6.45, 7) is -0.438. The number of carbonyl (C=O) groups is 2. The molecule has 0 bridgehead atoms. The van der Waals surface area contributed by atoms with E-state index >= 15 is 0 Å². The molecule has 0 aromatic heterocycles. The number of carboxylic acid groups (broad SMARTS) is 1. The second kappa shape index (κ2) is 14.7. The molecule has 0 atom stereocenters. The van der Waals surface area contributed by atoms with Gasteiger partial charge in [0.1, 0.15) is 10.9 Å². The molecule has 0 aliphatic carbocycles. The van der Waals surface area contributed by atoms with Crippen LogP contribution in [0.4, 0.5) is 17.1 Å². The van der Waals surface area contributed by atoms with Gasteiger partial charge in [-0.15, -0.1) is 0 Å². The molecule has 1 amide bonds. The Bertz CT molecular complexity index is 1930. The van der Waals surface area contributed by atoms with Crippen molar-refractivity contribution in [3.05, 3.63) is 179 Å². The Kier molecular flexibility index (Phi) is 9.87. The van der Waals surface area contributed by atoms with Crippen molar-refractivity contribution >= 4 is 75.0 Å². The monoisotopic (exact) mass is 650 g/mol. The molecular formula is C40H30N2O3S2. The highest BCUT2D eigenvalue weighted by molar-refractivity contribution is 8.26. The number of carboxylic acids is 1. The zero-order chi connectivity index (χ0) is 32.6. The first-order valence-electron chi connectivity index (χ1n) is 15.0. The number of hydrogen-bond acceptors (Lipinski definition) is 5. The first-order chi connectivity index (χ1) is 23.0. The van der Waals surface area contributed by atoms with E-state index in [2.05, 4.69) is 108 Å². The van der Waals surface area contributed by atoms with Crippen LogP contribution in [0.3, 0.4) is 0 Å². The number of benzene rings is 5. The average Bonchev–Trinajstić information content (AvgIpc) is 3.37. The van der Waals surface area contributed by atoms with Gasteiger partial charge >= 0.3 is 5.97 Å². The van der Waals surface area contributed by atoms with Crippen molar-refractivity contribution in [1.29, 1.82) is 0 Å². The number of allylic oxidation sites excluding steroid dienone is 2. The Labute approximate surface area is 283 Å². The van der Waals surface area contributed by atoms with Crippen LogP contribution in [-0.2, 0) is 9.59 Å². The quantitative estimate of drug-likeness (QED) is 0.0923. The average molecular weight is 651 g/mol. The van der Waals surface area contributed by atoms with Crippen molar-refractivity contribution in [3.63, 3.8) is 0 Å². The van der Waals surface area contributed by atoms with E-state index in [9.17, 15) is 9.59 Å². The molecule has 1 aliphatic rings. The highest BCUT2D eigenvalue weighted by Crippen LogP contribution is 2.36. The van der Waals surface area contributed by atoms with Crippen molar-refractivity contribution in [2.24, 2.45) is 0 Å². The molecule has 5 aromatic rings. The van der Waals surface area contributed by atoms with Crippen LogP contribution in [0.5, 0.6) is 0 Å². The number of carbonyl (C=O) groups excluding carboxylic acids is 1. The zero-order valence-electron chi connectivity index (χ0n) is 25.3. The third-order valence-electron chi connectivity index (χ3n) is 7.50. The second-order valence-electron chi connectivity index (χ2n) is 10.7. The molecule has 6 rings (SSSR count). The van der Waals surface area contributed by atoms with Crippen LogP contribution in [0.25, 0.3) is 17.7 Å². The van der Waals surface area contributed by atoms with Crippen molar-refractivity contribution in [2.45, 2.75) is 0 Å². The number of anilines is 3. The lowest BCUT2D eigenvalue weighted by molar-refractivity contribution is -0.140. The summed E-state index contributed by atoms with van der Waals surface area (Å²) < 4.78 is 0.249. The highest BCUT2D eigenvalue weighted by atomic mass is 32.2. The molecule has 0 saturated carbocycles. The van der Waals surface area contributed by atoms with Gasteiger partial charge in [-0.3, -0.25) is 14.5 Å². The first-order valence-corrected chi connectivity index (χ1v) is 16.2. The number of amides is 1. The van der Waals surface area contributed by atoms with Gasteiger partial charge in [-0.2, -0.15) is 0 Å². The number of para-hydroxylation sites is 1. The van der Waals surface area contributed by atoms with Gasteiger partial charge < -0.3 is 10.0 Å². The summed E-state index contributed by atoms with van der Waals surface area (Å²) in [6, 6.07) is 47.9. The van der Waals surface area contributed by atoms with Gasteiger partial charge in [0.15, 0.2) is 0 Å². The number of thiocarbonyl (C=S) groups is 1. The van der Waals surface area contributed by atoms with E-state index in [1.165, 1.54) is 0 Å². The Balaban J connectivity index is 1.25. The fourth-order valence-corrected chi connectivity index (χ4v) is 6.45. The summed E-state index contributed by atoms with van der Waals surface area (Å²) >= 11 is 6.28. The lowest BCUT2D eigenvalue weighted by Gasteiger charge is -2.25. The Morgan fingerprint density at radius 1 is 0.702 bits per heavy atom. The van der Waals surface area contributed by atoms with Crippen LogP contribution in [0, 0.1) is 0 Å². The highest BCUT2D eigenvalue weighted by Gasteiger charge is 2.32. The van der Waals surface area contributed by atoms with Crippen LogP contribution in [0.15, 0.2) is 157 Å². The maximum Gasteiger partial charge on any atom is 0.323 e. The normalized spacial score (nSPS) is 13.7. The van der Waals surface area contributed by atoms with Crippen molar-refractivity contribution < 1.29 is 14.7 Å². The van der Waals surface area contributed by atoms with Gasteiger partial charge in [0.25, 0.3) is 5.91 Å². The van der Waals surface area contributed by atoms with Gasteiger partial charge in [-0.25, -0.2) is 0 Å². The number of nitrogens with zero attached hydrogens (tertiary/aromatic N) is 2. The third-order valence-corrected chi connectivity index (χ3v) is 8.90. The standard InChI is InChI=1S/C40H30N2O3S2/c43-38(44)28-41-39(45)37(47-40(41)46)18-10-11-29-19-23-34(24-20-29)42(33-16-8-3-9-17-33)35-25-21-30(22-26-35)27-36(31-12-4-1-5-13-31)32-14-6-2-7-15-32/h1-27H,28H2,(H,43,44)/b11-10+,37-18+. The van der Waals surface area contributed by atoms with Crippen molar-refractivity contribution in [1.82, 2.24) is 4.90 Å². The molecule has 1 heterocycles. The molecule has 7 heteroatoms. The summed E-state index contributed by atoms with van der Waals surface area (Å²) in [5, 5.41) is 9.05. The fourth-order valence-electron chi connectivity index (χ4n) is 5.25. The molecule has 230 valence electrons.